The molecule has 0 unspecified atom stereocenters. The molecule has 1 heterocycles. The Kier molecular flexibility index (Phi) is 3.70. The van der Waals surface area contributed by atoms with Crippen LogP contribution in [0.25, 0.3) is 11.1 Å². The number of carbonyl (C=O) groups is 1. The molecule has 4 N–H and O–H groups in total. The van der Waals surface area contributed by atoms with Crippen molar-refractivity contribution in [3.63, 3.8) is 0 Å². The number of hydrogen-bond acceptors (Lipinski definition) is 4. The minimum Gasteiger partial charge on any atom is -0.497 e. The minimum absolute atomic E-state index is 0.0325. The van der Waals surface area contributed by atoms with Crippen molar-refractivity contribution in [2.75, 3.05) is 12.8 Å². The highest BCUT2D eigenvalue weighted by Crippen LogP contribution is 2.29. The first-order valence-corrected chi connectivity index (χ1v) is 5.80. The average Bonchev–Trinajstić information content (AvgIpc) is 2.78. The zero-order valence-electron chi connectivity index (χ0n) is 10.5. The molecule has 6 nitrogen and oxygen atoms in total. The SMILES string of the molecule is COc1ccc(-c2c(N)n[nH]c2CCC(=O)O)cc1. The van der Waals surface area contributed by atoms with E-state index in [1.54, 1.807) is 7.11 Å². The molecule has 100 valence electrons. The van der Waals surface area contributed by atoms with Crippen LogP contribution in [0.5, 0.6) is 5.75 Å². The second-order valence-electron chi connectivity index (χ2n) is 4.08. The van der Waals surface area contributed by atoms with Crippen LogP contribution in [0.4, 0.5) is 5.82 Å². The number of aromatic amines is 1. The third-order valence-corrected chi connectivity index (χ3v) is 2.84. The quantitative estimate of drug-likeness (QED) is 0.760. The van der Waals surface area contributed by atoms with Gasteiger partial charge in [0.15, 0.2) is 5.82 Å². The molecule has 0 radical (unpaired) electrons. The van der Waals surface area contributed by atoms with Crippen molar-refractivity contribution >= 4 is 11.8 Å². The van der Waals surface area contributed by atoms with Crippen LogP contribution in [-0.2, 0) is 11.2 Å². The first-order chi connectivity index (χ1) is 9.11. The first-order valence-electron chi connectivity index (χ1n) is 5.80. The van der Waals surface area contributed by atoms with Crippen molar-refractivity contribution in [3.05, 3.63) is 30.0 Å². The van der Waals surface area contributed by atoms with Crippen LogP contribution in [0.15, 0.2) is 24.3 Å². The van der Waals surface area contributed by atoms with Crippen LogP contribution >= 0.6 is 0 Å². The maximum Gasteiger partial charge on any atom is 0.303 e. The molecule has 2 rings (SSSR count). The monoisotopic (exact) mass is 261 g/mol. The Morgan fingerprint density at radius 2 is 2.11 bits per heavy atom. The number of H-pyrrole nitrogens is 1. The number of nitrogens with zero attached hydrogens (tertiary/aromatic N) is 1. The fourth-order valence-electron chi connectivity index (χ4n) is 1.89. The van der Waals surface area contributed by atoms with E-state index in [0.717, 1.165) is 22.6 Å². The van der Waals surface area contributed by atoms with Crippen LogP contribution in [0.1, 0.15) is 12.1 Å². The number of aromatic nitrogens is 2. The lowest BCUT2D eigenvalue weighted by molar-refractivity contribution is -0.136. The summed E-state index contributed by atoms with van der Waals surface area (Å²) in [6.07, 6.45) is 0.395. The number of nitrogens with one attached hydrogen (secondary N) is 1. The number of nitrogens with two attached hydrogens (primary N) is 1. The predicted octanol–water partition coefficient (Wildman–Crippen LogP) is 1.68. The van der Waals surface area contributed by atoms with Gasteiger partial charge in [-0.15, -0.1) is 0 Å². The summed E-state index contributed by atoms with van der Waals surface area (Å²) in [5, 5.41) is 15.5. The number of benzene rings is 1. The number of aryl methyl sites for hydroxylation is 1. The van der Waals surface area contributed by atoms with Gasteiger partial charge in [0.1, 0.15) is 5.75 Å². The lowest BCUT2D eigenvalue weighted by atomic mass is 10.0. The summed E-state index contributed by atoms with van der Waals surface area (Å²) in [5.74, 6) is 0.261. The number of anilines is 1. The van der Waals surface area contributed by atoms with E-state index < -0.39 is 5.97 Å². The van der Waals surface area contributed by atoms with E-state index >= 15 is 0 Å². The zero-order chi connectivity index (χ0) is 13.8. The van der Waals surface area contributed by atoms with Gasteiger partial charge in [-0.2, -0.15) is 5.10 Å². The molecule has 0 aliphatic rings. The van der Waals surface area contributed by atoms with E-state index in [2.05, 4.69) is 10.2 Å². The van der Waals surface area contributed by atoms with Crippen molar-refractivity contribution in [1.82, 2.24) is 10.2 Å². The number of nitrogen functional groups attached to an aromatic ring is 1. The number of methoxy groups -OCH3 is 1. The zero-order valence-corrected chi connectivity index (χ0v) is 10.5. The Morgan fingerprint density at radius 1 is 1.42 bits per heavy atom. The van der Waals surface area contributed by atoms with Crippen molar-refractivity contribution in [2.45, 2.75) is 12.8 Å². The second kappa shape index (κ2) is 5.43. The van der Waals surface area contributed by atoms with Gasteiger partial charge >= 0.3 is 5.97 Å². The van der Waals surface area contributed by atoms with Gasteiger partial charge in [-0.1, -0.05) is 12.1 Å². The first kappa shape index (κ1) is 12.9. The van der Waals surface area contributed by atoms with Gasteiger partial charge in [-0.05, 0) is 17.7 Å². The Hall–Kier alpha value is -2.50. The summed E-state index contributed by atoms with van der Waals surface area (Å²) in [5.41, 5.74) is 8.19. The average molecular weight is 261 g/mol. The second-order valence-corrected chi connectivity index (χ2v) is 4.08. The van der Waals surface area contributed by atoms with Crippen LogP contribution in [0.2, 0.25) is 0 Å². The van der Waals surface area contributed by atoms with Gasteiger partial charge in [0.25, 0.3) is 0 Å². The lowest BCUT2D eigenvalue weighted by Crippen LogP contribution is -1.99. The molecule has 0 atom stereocenters. The molecule has 1 aromatic heterocycles. The maximum atomic E-state index is 10.6. The Morgan fingerprint density at radius 3 is 2.68 bits per heavy atom. The molecular weight excluding hydrogens is 246 g/mol. The van der Waals surface area contributed by atoms with E-state index in [0.29, 0.717) is 12.2 Å². The van der Waals surface area contributed by atoms with E-state index in [1.165, 1.54) is 0 Å². The number of aliphatic carboxylic acids is 1. The minimum atomic E-state index is -0.853. The van der Waals surface area contributed by atoms with Gasteiger partial charge in [-0.25, -0.2) is 0 Å². The molecule has 2 aromatic rings. The van der Waals surface area contributed by atoms with Crippen LogP contribution in [0.3, 0.4) is 0 Å². The number of rotatable bonds is 5. The van der Waals surface area contributed by atoms with Gasteiger partial charge in [0.05, 0.1) is 13.5 Å². The van der Waals surface area contributed by atoms with E-state index in [-0.39, 0.29) is 6.42 Å². The van der Waals surface area contributed by atoms with Crippen molar-refractivity contribution in [1.29, 1.82) is 0 Å². The van der Waals surface area contributed by atoms with Gasteiger partial charge in [0, 0.05) is 17.7 Å². The van der Waals surface area contributed by atoms with Crippen LogP contribution in [0, 0.1) is 0 Å². The highest BCUT2D eigenvalue weighted by atomic mass is 16.5. The Bertz CT molecular complexity index is 575. The normalized spacial score (nSPS) is 10.4. The lowest BCUT2D eigenvalue weighted by Gasteiger charge is -2.05. The van der Waals surface area contributed by atoms with Gasteiger partial charge < -0.3 is 15.6 Å². The summed E-state index contributed by atoms with van der Waals surface area (Å²) >= 11 is 0. The summed E-state index contributed by atoms with van der Waals surface area (Å²) in [6, 6.07) is 7.38. The van der Waals surface area contributed by atoms with Crippen LogP contribution in [-0.4, -0.2) is 28.4 Å². The van der Waals surface area contributed by atoms with Crippen LogP contribution < -0.4 is 10.5 Å². The molecule has 0 bridgehead atoms. The molecule has 0 saturated heterocycles. The standard InChI is InChI=1S/C13H15N3O3/c1-19-9-4-2-8(3-5-9)12-10(6-7-11(17)18)15-16-13(12)14/h2-5H,6-7H2,1H3,(H,17,18)(H3,14,15,16). The molecule has 19 heavy (non-hydrogen) atoms. The van der Waals surface area contributed by atoms with Gasteiger partial charge in [-0.3, -0.25) is 9.89 Å². The molecular formula is C13H15N3O3. The highest BCUT2D eigenvalue weighted by Gasteiger charge is 2.14. The molecule has 0 aliphatic heterocycles. The molecule has 0 fully saturated rings. The Balaban J connectivity index is 2.31. The van der Waals surface area contributed by atoms with E-state index in [9.17, 15) is 4.79 Å². The molecule has 6 heteroatoms. The summed E-state index contributed by atoms with van der Waals surface area (Å²) in [7, 11) is 1.60. The number of carboxylic acid groups (broad SMARTS) is 1. The number of hydrogen-bond donors (Lipinski definition) is 3. The largest absolute Gasteiger partial charge is 0.497 e. The third kappa shape index (κ3) is 2.85. The molecule has 0 saturated carbocycles. The third-order valence-electron chi connectivity index (χ3n) is 2.84. The maximum absolute atomic E-state index is 10.6. The van der Waals surface area contributed by atoms with Crippen molar-refractivity contribution < 1.29 is 14.6 Å². The van der Waals surface area contributed by atoms with E-state index in [1.807, 2.05) is 24.3 Å². The molecule has 0 spiro atoms. The van der Waals surface area contributed by atoms with Crippen molar-refractivity contribution in [2.24, 2.45) is 0 Å². The topological polar surface area (TPSA) is 101 Å². The smallest absolute Gasteiger partial charge is 0.303 e. The van der Waals surface area contributed by atoms with Crippen molar-refractivity contribution in [3.8, 4) is 16.9 Å². The fourth-order valence-corrected chi connectivity index (χ4v) is 1.89. The van der Waals surface area contributed by atoms with E-state index in [4.69, 9.17) is 15.6 Å². The van der Waals surface area contributed by atoms with Gasteiger partial charge in [0.2, 0.25) is 0 Å². The predicted molar refractivity (Wildman–Crippen MR) is 70.9 cm³/mol. The molecule has 1 aromatic carbocycles. The summed E-state index contributed by atoms with van der Waals surface area (Å²) < 4.78 is 5.09. The highest BCUT2D eigenvalue weighted by molar-refractivity contribution is 5.77. The molecule has 0 amide bonds. The number of carboxylic acids is 1. The fraction of sp³-hybridized carbons (Fsp3) is 0.231. The number of ether oxygens (including phenoxy) is 1. The Labute approximate surface area is 110 Å². The summed E-state index contributed by atoms with van der Waals surface area (Å²) in [6.45, 7) is 0. The summed E-state index contributed by atoms with van der Waals surface area (Å²) in [4.78, 5) is 10.6. The molecule has 0 aliphatic carbocycles.